The van der Waals surface area contributed by atoms with Gasteiger partial charge in [0.15, 0.2) is 17.3 Å². The molecule has 2 fully saturated rings. The molecule has 1 saturated carbocycles. The molecule has 1 saturated heterocycles. The highest BCUT2D eigenvalue weighted by atomic mass is 16.5. The minimum absolute atomic E-state index is 0.323. The van der Waals surface area contributed by atoms with Crippen LogP contribution in [-0.4, -0.2) is 59.3 Å². The van der Waals surface area contributed by atoms with Crippen LogP contribution in [0.4, 0.5) is 0 Å². The highest BCUT2D eigenvalue weighted by molar-refractivity contribution is 5.52. The van der Waals surface area contributed by atoms with E-state index in [4.69, 9.17) is 14.0 Å². The van der Waals surface area contributed by atoms with Gasteiger partial charge in [-0.05, 0) is 75.0 Å². The summed E-state index contributed by atoms with van der Waals surface area (Å²) in [6.45, 7) is 5.73. The zero-order valence-corrected chi connectivity index (χ0v) is 20.0. The Bertz CT molecular complexity index is 1050. The third-order valence-electron chi connectivity index (χ3n) is 6.77. The number of benzene rings is 2. The first kappa shape index (κ1) is 22.9. The van der Waals surface area contributed by atoms with Gasteiger partial charge in [-0.25, -0.2) is 0 Å². The largest absolute Gasteiger partial charge is 0.493 e. The number of hydrogen-bond acceptors (Lipinski definition) is 7. The SMILES string of the molecule is COc1ccc(CN2CCCN(Cc3noc(-c4ccccc4)n3)CC2)cc1OC1CCCC1. The summed E-state index contributed by atoms with van der Waals surface area (Å²) in [5, 5.41) is 4.20. The number of methoxy groups -OCH3 is 1. The Hall–Kier alpha value is -2.90. The molecule has 0 atom stereocenters. The average Bonchev–Trinajstić information content (AvgIpc) is 3.50. The predicted octanol–water partition coefficient (Wildman–Crippen LogP) is 4.77. The van der Waals surface area contributed by atoms with Crippen LogP contribution in [0.5, 0.6) is 11.5 Å². The first-order valence-electron chi connectivity index (χ1n) is 12.4. The molecule has 0 bridgehead atoms. The van der Waals surface area contributed by atoms with E-state index >= 15 is 0 Å². The Labute approximate surface area is 201 Å². The van der Waals surface area contributed by atoms with E-state index in [0.717, 1.165) is 74.9 Å². The number of hydrogen-bond donors (Lipinski definition) is 0. The normalized spacial score (nSPS) is 18.1. The minimum Gasteiger partial charge on any atom is -0.493 e. The van der Waals surface area contributed by atoms with E-state index in [-0.39, 0.29) is 0 Å². The molecule has 1 aliphatic heterocycles. The highest BCUT2D eigenvalue weighted by Gasteiger charge is 2.21. The summed E-state index contributed by atoms with van der Waals surface area (Å²) in [4.78, 5) is 9.54. The van der Waals surface area contributed by atoms with Gasteiger partial charge < -0.3 is 14.0 Å². The molecule has 7 heteroatoms. The second kappa shape index (κ2) is 11.0. The van der Waals surface area contributed by atoms with Gasteiger partial charge in [0.05, 0.1) is 19.8 Å². The summed E-state index contributed by atoms with van der Waals surface area (Å²) in [5.41, 5.74) is 2.23. The van der Waals surface area contributed by atoms with Crippen LogP contribution in [0.25, 0.3) is 11.5 Å². The fourth-order valence-corrected chi connectivity index (χ4v) is 4.91. The lowest BCUT2D eigenvalue weighted by atomic mass is 10.1. The zero-order chi connectivity index (χ0) is 23.2. The van der Waals surface area contributed by atoms with Crippen molar-refractivity contribution in [3.63, 3.8) is 0 Å². The standard InChI is InChI=1S/C27H34N4O3/c1-32-24-13-12-21(18-25(24)33-23-10-5-6-11-23)19-30-14-7-15-31(17-16-30)20-26-28-27(34-29-26)22-8-3-2-4-9-22/h2-4,8-9,12-13,18,23H,5-7,10-11,14-17,19-20H2,1H3. The predicted molar refractivity (Wildman–Crippen MR) is 131 cm³/mol. The molecule has 2 aliphatic rings. The molecule has 5 rings (SSSR count). The molecule has 180 valence electrons. The molecule has 2 heterocycles. The third kappa shape index (κ3) is 5.77. The van der Waals surface area contributed by atoms with Crippen LogP contribution in [0.2, 0.25) is 0 Å². The van der Waals surface area contributed by atoms with E-state index in [1.165, 1.54) is 18.4 Å². The summed E-state index contributed by atoms with van der Waals surface area (Å²) in [6.07, 6.45) is 6.24. The quantitative estimate of drug-likeness (QED) is 0.478. The molecular formula is C27H34N4O3. The summed E-state index contributed by atoms with van der Waals surface area (Å²) in [5.74, 6) is 3.04. The Morgan fingerprint density at radius 2 is 1.65 bits per heavy atom. The highest BCUT2D eigenvalue weighted by Crippen LogP contribution is 2.33. The molecule has 0 spiro atoms. The Morgan fingerprint density at radius 1 is 0.882 bits per heavy atom. The van der Waals surface area contributed by atoms with Gasteiger partial charge in [-0.3, -0.25) is 9.80 Å². The molecule has 0 radical (unpaired) electrons. The maximum absolute atomic E-state index is 6.29. The van der Waals surface area contributed by atoms with Crippen LogP contribution in [-0.2, 0) is 13.1 Å². The second-order valence-electron chi connectivity index (χ2n) is 9.30. The smallest absolute Gasteiger partial charge is 0.257 e. The van der Waals surface area contributed by atoms with E-state index in [1.807, 2.05) is 36.4 Å². The number of rotatable bonds is 8. The lowest BCUT2D eigenvalue weighted by Gasteiger charge is -2.22. The molecule has 1 aliphatic carbocycles. The maximum atomic E-state index is 6.29. The van der Waals surface area contributed by atoms with Crippen molar-refractivity contribution >= 4 is 0 Å². The lowest BCUT2D eigenvalue weighted by molar-refractivity contribution is 0.200. The molecule has 2 aromatic carbocycles. The molecule has 7 nitrogen and oxygen atoms in total. The lowest BCUT2D eigenvalue weighted by Crippen LogP contribution is -2.30. The molecule has 0 unspecified atom stereocenters. The monoisotopic (exact) mass is 462 g/mol. The summed E-state index contributed by atoms with van der Waals surface area (Å²) in [7, 11) is 1.71. The Morgan fingerprint density at radius 3 is 2.41 bits per heavy atom. The van der Waals surface area contributed by atoms with Gasteiger partial charge in [0, 0.05) is 25.2 Å². The zero-order valence-electron chi connectivity index (χ0n) is 20.0. The number of aromatic nitrogens is 2. The first-order valence-corrected chi connectivity index (χ1v) is 12.4. The van der Waals surface area contributed by atoms with Gasteiger partial charge in [0.2, 0.25) is 0 Å². The van der Waals surface area contributed by atoms with E-state index in [2.05, 4.69) is 32.1 Å². The minimum atomic E-state index is 0.323. The van der Waals surface area contributed by atoms with Gasteiger partial charge in [0.1, 0.15) is 0 Å². The van der Waals surface area contributed by atoms with Gasteiger partial charge in [-0.2, -0.15) is 4.98 Å². The van der Waals surface area contributed by atoms with Crippen LogP contribution in [0, 0.1) is 0 Å². The van der Waals surface area contributed by atoms with Crippen LogP contribution in [0.1, 0.15) is 43.5 Å². The van der Waals surface area contributed by atoms with Gasteiger partial charge in [0.25, 0.3) is 5.89 Å². The van der Waals surface area contributed by atoms with Crippen molar-refractivity contribution in [2.24, 2.45) is 0 Å². The Kier molecular flexibility index (Phi) is 7.41. The summed E-state index contributed by atoms with van der Waals surface area (Å²) in [6, 6.07) is 16.3. The Balaban J connectivity index is 1.16. The summed E-state index contributed by atoms with van der Waals surface area (Å²) < 4.78 is 17.3. The molecule has 1 aromatic heterocycles. The van der Waals surface area contributed by atoms with Crippen molar-refractivity contribution in [1.29, 1.82) is 0 Å². The molecule has 34 heavy (non-hydrogen) atoms. The molecule has 0 amide bonds. The number of nitrogens with zero attached hydrogens (tertiary/aromatic N) is 4. The van der Waals surface area contributed by atoms with Crippen LogP contribution < -0.4 is 9.47 Å². The van der Waals surface area contributed by atoms with Crippen LogP contribution in [0.3, 0.4) is 0 Å². The van der Waals surface area contributed by atoms with Crippen molar-refractivity contribution in [1.82, 2.24) is 19.9 Å². The van der Waals surface area contributed by atoms with E-state index in [0.29, 0.717) is 18.5 Å². The first-order chi connectivity index (χ1) is 16.8. The van der Waals surface area contributed by atoms with E-state index in [9.17, 15) is 0 Å². The molecule has 3 aromatic rings. The molecule has 0 N–H and O–H groups in total. The fourth-order valence-electron chi connectivity index (χ4n) is 4.91. The third-order valence-corrected chi connectivity index (χ3v) is 6.77. The van der Waals surface area contributed by atoms with Crippen LogP contribution in [0.15, 0.2) is 53.1 Å². The van der Waals surface area contributed by atoms with E-state index < -0.39 is 0 Å². The van der Waals surface area contributed by atoms with Gasteiger partial charge >= 0.3 is 0 Å². The van der Waals surface area contributed by atoms with E-state index in [1.54, 1.807) is 7.11 Å². The van der Waals surface area contributed by atoms with Crippen molar-refractivity contribution in [3.8, 4) is 23.0 Å². The topological polar surface area (TPSA) is 63.9 Å². The molecular weight excluding hydrogens is 428 g/mol. The maximum Gasteiger partial charge on any atom is 0.257 e. The van der Waals surface area contributed by atoms with Crippen molar-refractivity contribution in [2.45, 2.75) is 51.3 Å². The van der Waals surface area contributed by atoms with Crippen LogP contribution >= 0.6 is 0 Å². The van der Waals surface area contributed by atoms with Gasteiger partial charge in [-0.1, -0.05) is 29.4 Å². The fraction of sp³-hybridized carbons (Fsp3) is 0.481. The second-order valence-corrected chi connectivity index (χ2v) is 9.30. The average molecular weight is 463 g/mol. The van der Waals surface area contributed by atoms with Crippen molar-refractivity contribution < 1.29 is 14.0 Å². The van der Waals surface area contributed by atoms with Gasteiger partial charge in [-0.15, -0.1) is 0 Å². The summed E-state index contributed by atoms with van der Waals surface area (Å²) >= 11 is 0. The van der Waals surface area contributed by atoms with Crippen molar-refractivity contribution in [2.75, 3.05) is 33.3 Å². The number of ether oxygens (including phenoxy) is 2. The van der Waals surface area contributed by atoms with Crippen molar-refractivity contribution in [3.05, 3.63) is 59.9 Å².